The summed E-state index contributed by atoms with van der Waals surface area (Å²) in [5, 5.41) is 6.67. The van der Waals surface area contributed by atoms with Crippen molar-refractivity contribution in [3.05, 3.63) is 95.8 Å². The molecule has 1 atom stereocenters. The molecule has 3 aromatic rings. The first-order valence-corrected chi connectivity index (χ1v) is 9.76. The Balaban J connectivity index is 1.71. The number of hydrazone groups is 1. The number of ether oxygens (including phenoxy) is 2. The van der Waals surface area contributed by atoms with Crippen LogP contribution in [0.1, 0.15) is 23.6 Å². The molecule has 3 aromatic carbocycles. The van der Waals surface area contributed by atoms with Crippen molar-refractivity contribution in [2.75, 3.05) is 19.2 Å². The van der Waals surface area contributed by atoms with E-state index in [0.29, 0.717) is 12.1 Å². The number of methoxy groups -OCH3 is 2. The van der Waals surface area contributed by atoms with E-state index in [4.69, 9.17) is 14.6 Å². The molecule has 152 valence electrons. The van der Waals surface area contributed by atoms with Crippen LogP contribution < -0.4 is 14.5 Å². The molecular formula is C25H23FN2O2. The number of allylic oxidation sites excluding steroid dienone is 1. The van der Waals surface area contributed by atoms with Gasteiger partial charge in [0.2, 0.25) is 0 Å². The molecule has 0 saturated carbocycles. The first-order chi connectivity index (χ1) is 14.7. The van der Waals surface area contributed by atoms with Crippen molar-refractivity contribution >= 4 is 17.5 Å². The normalized spacial score (nSPS) is 16.0. The van der Waals surface area contributed by atoms with Crippen molar-refractivity contribution in [3.63, 3.8) is 0 Å². The second kappa shape index (κ2) is 8.82. The third-order valence-corrected chi connectivity index (χ3v) is 5.10. The predicted molar refractivity (Wildman–Crippen MR) is 119 cm³/mol. The molecule has 4 nitrogen and oxygen atoms in total. The van der Waals surface area contributed by atoms with E-state index in [1.54, 1.807) is 20.3 Å². The molecule has 1 unspecified atom stereocenters. The van der Waals surface area contributed by atoms with Gasteiger partial charge in [-0.05, 0) is 42.5 Å². The van der Waals surface area contributed by atoms with Crippen LogP contribution in [0.4, 0.5) is 10.1 Å². The Labute approximate surface area is 175 Å². The van der Waals surface area contributed by atoms with E-state index in [2.05, 4.69) is 0 Å². The number of para-hydroxylation sites is 2. The van der Waals surface area contributed by atoms with Crippen molar-refractivity contribution in [1.29, 1.82) is 0 Å². The zero-order chi connectivity index (χ0) is 20.9. The minimum atomic E-state index is -0.292. The van der Waals surface area contributed by atoms with Crippen molar-refractivity contribution in [1.82, 2.24) is 0 Å². The molecule has 0 N–H and O–H groups in total. The van der Waals surface area contributed by atoms with Crippen LogP contribution in [0.15, 0.2) is 84.0 Å². The molecule has 1 aliphatic heterocycles. The molecule has 1 heterocycles. The summed E-state index contributed by atoms with van der Waals surface area (Å²) in [6.45, 7) is 0. The van der Waals surface area contributed by atoms with E-state index in [9.17, 15) is 4.39 Å². The smallest absolute Gasteiger partial charge is 0.126 e. The minimum absolute atomic E-state index is 0.0970. The van der Waals surface area contributed by atoms with Gasteiger partial charge < -0.3 is 9.47 Å². The number of nitrogens with zero attached hydrogens (tertiary/aromatic N) is 2. The fourth-order valence-corrected chi connectivity index (χ4v) is 3.66. The molecule has 0 aliphatic carbocycles. The summed E-state index contributed by atoms with van der Waals surface area (Å²) in [6.07, 6.45) is 4.65. The zero-order valence-electron chi connectivity index (χ0n) is 17.0. The van der Waals surface area contributed by atoms with Gasteiger partial charge in [-0.2, -0.15) is 5.10 Å². The van der Waals surface area contributed by atoms with E-state index in [1.165, 1.54) is 12.1 Å². The fraction of sp³-hybridized carbons (Fsp3) is 0.160. The quantitative estimate of drug-likeness (QED) is 0.518. The van der Waals surface area contributed by atoms with Crippen LogP contribution in [0.2, 0.25) is 0 Å². The maximum Gasteiger partial charge on any atom is 0.126 e. The highest BCUT2D eigenvalue weighted by Crippen LogP contribution is 2.39. The fourth-order valence-electron chi connectivity index (χ4n) is 3.66. The van der Waals surface area contributed by atoms with Gasteiger partial charge >= 0.3 is 0 Å². The molecule has 1 aliphatic rings. The number of benzene rings is 3. The molecule has 0 bridgehead atoms. The number of halogens is 1. The van der Waals surface area contributed by atoms with E-state index in [0.717, 1.165) is 28.3 Å². The lowest BCUT2D eigenvalue weighted by atomic mass is 9.99. The molecule has 0 radical (unpaired) electrons. The third kappa shape index (κ3) is 4.06. The Morgan fingerprint density at radius 3 is 2.40 bits per heavy atom. The lowest BCUT2D eigenvalue weighted by Crippen LogP contribution is -2.19. The first-order valence-electron chi connectivity index (χ1n) is 9.76. The van der Waals surface area contributed by atoms with Crippen LogP contribution in [0.3, 0.4) is 0 Å². The molecule has 30 heavy (non-hydrogen) atoms. The van der Waals surface area contributed by atoms with E-state index >= 15 is 0 Å². The molecule has 0 amide bonds. The van der Waals surface area contributed by atoms with Crippen LogP contribution in [0.25, 0.3) is 6.08 Å². The average Bonchev–Trinajstić information content (AvgIpc) is 3.22. The summed E-state index contributed by atoms with van der Waals surface area (Å²) in [4.78, 5) is 0. The van der Waals surface area contributed by atoms with Gasteiger partial charge in [-0.3, -0.25) is 5.01 Å². The average molecular weight is 402 g/mol. The van der Waals surface area contributed by atoms with Gasteiger partial charge in [0.25, 0.3) is 0 Å². The maximum absolute atomic E-state index is 13.9. The molecule has 0 saturated heterocycles. The molecular weight excluding hydrogens is 379 g/mol. The van der Waals surface area contributed by atoms with Gasteiger partial charge in [0.05, 0.1) is 31.7 Å². The summed E-state index contributed by atoms with van der Waals surface area (Å²) in [5.74, 6) is 1.30. The minimum Gasteiger partial charge on any atom is -0.496 e. The molecule has 0 fully saturated rings. The van der Waals surface area contributed by atoms with Crippen molar-refractivity contribution in [2.24, 2.45) is 5.10 Å². The molecule has 0 aromatic heterocycles. The summed E-state index contributed by atoms with van der Waals surface area (Å²) in [5.41, 5.74) is 3.57. The van der Waals surface area contributed by atoms with Crippen LogP contribution in [0.5, 0.6) is 11.5 Å². The Morgan fingerprint density at radius 1 is 0.900 bits per heavy atom. The summed E-state index contributed by atoms with van der Waals surface area (Å²) in [7, 11) is 3.31. The monoisotopic (exact) mass is 402 g/mol. The van der Waals surface area contributed by atoms with Gasteiger partial charge in [-0.25, -0.2) is 4.39 Å². The lowest BCUT2D eigenvalue weighted by molar-refractivity contribution is 0.405. The second-order valence-electron chi connectivity index (χ2n) is 6.95. The van der Waals surface area contributed by atoms with Gasteiger partial charge in [0.15, 0.2) is 0 Å². The summed E-state index contributed by atoms with van der Waals surface area (Å²) in [6, 6.07) is 22.1. The van der Waals surface area contributed by atoms with E-state index < -0.39 is 0 Å². The second-order valence-corrected chi connectivity index (χ2v) is 6.95. The van der Waals surface area contributed by atoms with Crippen LogP contribution in [-0.4, -0.2) is 19.9 Å². The van der Waals surface area contributed by atoms with Gasteiger partial charge in [-0.1, -0.05) is 42.5 Å². The van der Waals surface area contributed by atoms with Crippen LogP contribution in [0, 0.1) is 5.82 Å². The Hall–Kier alpha value is -3.60. The summed E-state index contributed by atoms with van der Waals surface area (Å²) >= 11 is 0. The number of hydrogen-bond acceptors (Lipinski definition) is 4. The van der Waals surface area contributed by atoms with Gasteiger partial charge in [0.1, 0.15) is 17.3 Å². The van der Waals surface area contributed by atoms with Crippen molar-refractivity contribution < 1.29 is 13.9 Å². The Bertz CT molecular complexity index is 1090. The van der Waals surface area contributed by atoms with Gasteiger partial charge in [-0.15, -0.1) is 0 Å². The zero-order valence-corrected chi connectivity index (χ0v) is 17.0. The number of anilines is 1. The Kier molecular flexibility index (Phi) is 5.80. The molecule has 4 rings (SSSR count). The topological polar surface area (TPSA) is 34.1 Å². The highest BCUT2D eigenvalue weighted by molar-refractivity contribution is 6.01. The maximum atomic E-state index is 13.9. The SMILES string of the molecule is COc1ccccc1/C=C/C1=NN(c2cccc(F)c2)C(c2ccccc2OC)C1. The highest BCUT2D eigenvalue weighted by atomic mass is 19.1. The largest absolute Gasteiger partial charge is 0.496 e. The first kappa shape index (κ1) is 19.7. The predicted octanol–water partition coefficient (Wildman–Crippen LogP) is 5.86. The van der Waals surface area contributed by atoms with Gasteiger partial charge in [0, 0.05) is 17.5 Å². The molecule has 0 spiro atoms. The Morgan fingerprint density at radius 2 is 1.63 bits per heavy atom. The van der Waals surface area contributed by atoms with Crippen LogP contribution in [-0.2, 0) is 0 Å². The third-order valence-electron chi connectivity index (χ3n) is 5.10. The van der Waals surface area contributed by atoms with Crippen molar-refractivity contribution in [3.8, 4) is 11.5 Å². The van der Waals surface area contributed by atoms with Crippen LogP contribution >= 0.6 is 0 Å². The number of hydrogen-bond donors (Lipinski definition) is 0. The molecule has 5 heteroatoms. The summed E-state index contributed by atoms with van der Waals surface area (Å²) < 4.78 is 24.9. The number of rotatable bonds is 6. The van der Waals surface area contributed by atoms with E-state index in [1.807, 2.05) is 71.8 Å². The highest BCUT2D eigenvalue weighted by Gasteiger charge is 2.30. The van der Waals surface area contributed by atoms with E-state index in [-0.39, 0.29) is 11.9 Å². The van der Waals surface area contributed by atoms with Crippen molar-refractivity contribution in [2.45, 2.75) is 12.5 Å². The standard InChI is InChI=1S/C25H23FN2O2/c1-29-24-12-5-3-8-18(24)14-15-20-17-23(22-11-4-6-13-25(22)30-2)28(27-20)21-10-7-9-19(26)16-21/h3-16,23H,17H2,1-2H3/b15-14+. The lowest BCUT2D eigenvalue weighted by Gasteiger charge is -2.25.